The fourth-order valence-electron chi connectivity index (χ4n) is 1.03. The molecule has 0 aliphatic heterocycles. The van der Waals surface area contributed by atoms with Gasteiger partial charge in [0.1, 0.15) is 7.05 Å². The molecule has 1 aromatic rings. The summed E-state index contributed by atoms with van der Waals surface area (Å²) in [4.78, 5) is 11.1. The van der Waals surface area contributed by atoms with Crippen molar-refractivity contribution in [3.63, 3.8) is 0 Å². The standard InChI is InChI=1S/C10H14NO2/c1-3-13-10(12)8-9-4-6-11(2)7-5-9/h4-7H,3,8H2,1-2H3/q+1. The van der Waals surface area contributed by atoms with Crippen molar-refractivity contribution in [2.24, 2.45) is 7.05 Å². The maximum absolute atomic E-state index is 11.1. The molecule has 13 heavy (non-hydrogen) atoms. The summed E-state index contributed by atoms with van der Waals surface area (Å²) in [6.07, 6.45) is 4.18. The molecule has 1 aromatic heterocycles. The van der Waals surface area contributed by atoms with Crippen molar-refractivity contribution < 1.29 is 14.1 Å². The van der Waals surface area contributed by atoms with Crippen LogP contribution < -0.4 is 4.57 Å². The monoisotopic (exact) mass is 180 g/mol. The van der Waals surface area contributed by atoms with Crippen LogP contribution in [0.2, 0.25) is 0 Å². The Morgan fingerprint density at radius 1 is 1.46 bits per heavy atom. The molecule has 0 saturated heterocycles. The number of hydrogen-bond acceptors (Lipinski definition) is 2. The Kier molecular flexibility index (Phi) is 3.43. The third-order valence-electron chi connectivity index (χ3n) is 1.70. The van der Waals surface area contributed by atoms with E-state index < -0.39 is 0 Å². The highest BCUT2D eigenvalue weighted by Gasteiger charge is 2.04. The van der Waals surface area contributed by atoms with Crippen LogP contribution in [0.1, 0.15) is 12.5 Å². The van der Waals surface area contributed by atoms with Crippen LogP contribution in [0.15, 0.2) is 24.5 Å². The number of hydrogen-bond donors (Lipinski definition) is 0. The lowest BCUT2D eigenvalue weighted by atomic mass is 10.2. The van der Waals surface area contributed by atoms with Crippen LogP contribution in [-0.4, -0.2) is 12.6 Å². The van der Waals surface area contributed by atoms with E-state index in [1.807, 2.05) is 43.1 Å². The Hall–Kier alpha value is -1.38. The molecular weight excluding hydrogens is 166 g/mol. The number of ether oxygens (including phenoxy) is 1. The lowest BCUT2D eigenvalue weighted by molar-refractivity contribution is -0.671. The van der Waals surface area contributed by atoms with Gasteiger partial charge in [0, 0.05) is 12.1 Å². The van der Waals surface area contributed by atoms with Gasteiger partial charge in [-0.05, 0) is 12.5 Å². The van der Waals surface area contributed by atoms with Gasteiger partial charge in [-0.2, -0.15) is 0 Å². The molecule has 0 saturated carbocycles. The average Bonchev–Trinajstić information content (AvgIpc) is 2.09. The molecule has 0 aliphatic carbocycles. The predicted molar refractivity (Wildman–Crippen MR) is 48.0 cm³/mol. The largest absolute Gasteiger partial charge is 0.466 e. The minimum absolute atomic E-state index is 0.170. The van der Waals surface area contributed by atoms with Gasteiger partial charge in [-0.3, -0.25) is 4.79 Å². The number of pyridine rings is 1. The molecular formula is C10H14NO2+. The number of aromatic nitrogens is 1. The van der Waals surface area contributed by atoms with Gasteiger partial charge in [0.2, 0.25) is 0 Å². The molecule has 0 aliphatic rings. The molecule has 0 amide bonds. The molecule has 1 rings (SSSR count). The van der Waals surface area contributed by atoms with E-state index in [1.165, 1.54) is 0 Å². The van der Waals surface area contributed by atoms with Gasteiger partial charge in [-0.15, -0.1) is 0 Å². The Bertz CT molecular complexity index is 279. The summed E-state index contributed by atoms with van der Waals surface area (Å²) in [5, 5.41) is 0. The highest BCUT2D eigenvalue weighted by atomic mass is 16.5. The fraction of sp³-hybridized carbons (Fsp3) is 0.400. The molecule has 0 fully saturated rings. The zero-order valence-electron chi connectivity index (χ0n) is 7.99. The number of esters is 1. The van der Waals surface area contributed by atoms with Gasteiger partial charge >= 0.3 is 5.97 Å². The van der Waals surface area contributed by atoms with Crippen molar-refractivity contribution in [2.45, 2.75) is 13.3 Å². The molecule has 70 valence electrons. The lowest BCUT2D eigenvalue weighted by Crippen LogP contribution is -2.26. The summed E-state index contributed by atoms with van der Waals surface area (Å²) in [6.45, 7) is 2.25. The third kappa shape index (κ3) is 3.23. The van der Waals surface area contributed by atoms with Crippen LogP contribution in [0, 0.1) is 0 Å². The number of aryl methyl sites for hydroxylation is 1. The highest BCUT2D eigenvalue weighted by Crippen LogP contribution is 1.97. The van der Waals surface area contributed by atoms with Gasteiger partial charge in [0.25, 0.3) is 0 Å². The Balaban J connectivity index is 2.54. The van der Waals surface area contributed by atoms with E-state index in [0.29, 0.717) is 13.0 Å². The maximum Gasteiger partial charge on any atom is 0.310 e. The minimum atomic E-state index is -0.170. The third-order valence-corrected chi connectivity index (χ3v) is 1.70. The summed E-state index contributed by atoms with van der Waals surface area (Å²) < 4.78 is 6.76. The van der Waals surface area contributed by atoms with Crippen molar-refractivity contribution in [3.8, 4) is 0 Å². The summed E-state index contributed by atoms with van der Waals surface area (Å²) in [5.41, 5.74) is 0.983. The first kappa shape index (κ1) is 9.71. The van der Waals surface area contributed by atoms with Crippen molar-refractivity contribution in [3.05, 3.63) is 30.1 Å². The molecule has 0 atom stereocenters. The highest BCUT2D eigenvalue weighted by molar-refractivity contribution is 5.72. The first-order chi connectivity index (χ1) is 6.22. The van der Waals surface area contributed by atoms with E-state index in [9.17, 15) is 4.79 Å². The number of carbonyl (C=O) groups excluding carboxylic acids is 1. The summed E-state index contributed by atoms with van der Waals surface area (Å²) in [7, 11) is 1.94. The molecule has 0 aromatic carbocycles. The second kappa shape index (κ2) is 4.60. The molecule has 3 heteroatoms. The SMILES string of the molecule is CCOC(=O)Cc1cc[n+](C)cc1. The predicted octanol–water partition coefficient (Wildman–Crippen LogP) is 0.617. The smallest absolute Gasteiger partial charge is 0.310 e. The Morgan fingerprint density at radius 3 is 2.62 bits per heavy atom. The van der Waals surface area contributed by atoms with Gasteiger partial charge in [-0.25, -0.2) is 4.57 Å². The molecule has 3 nitrogen and oxygen atoms in total. The first-order valence-electron chi connectivity index (χ1n) is 4.32. The quantitative estimate of drug-likeness (QED) is 0.504. The Morgan fingerprint density at radius 2 is 2.08 bits per heavy atom. The van der Waals surface area contributed by atoms with E-state index in [2.05, 4.69) is 0 Å². The summed E-state index contributed by atoms with van der Waals surface area (Å²) in [6, 6.07) is 3.83. The van der Waals surface area contributed by atoms with Gasteiger partial charge in [-0.1, -0.05) is 0 Å². The van der Waals surface area contributed by atoms with Crippen LogP contribution in [0.5, 0.6) is 0 Å². The second-order valence-electron chi connectivity index (χ2n) is 2.85. The summed E-state index contributed by atoms with van der Waals surface area (Å²) >= 11 is 0. The maximum atomic E-state index is 11.1. The van der Waals surface area contributed by atoms with Crippen LogP contribution in [0.25, 0.3) is 0 Å². The first-order valence-corrected chi connectivity index (χ1v) is 4.32. The minimum Gasteiger partial charge on any atom is -0.466 e. The molecule has 0 unspecified atom stereocenters. The van der Waals surface area contributed by atoms with Crippen molar-refractivity contribution >= 4 is 5.97 Å². The van der Waals surface area contributed by atoms with Crippen molar-refractivity contribution in [1.82, 2.24) is 0 Å². The van der Waals surface area contributed by atoms with E-state index in [-0.39, 0.29) is 5.97 Å². The lowest BCUT2D eigenvalue weighted by Gasteiger charge is -2.00. The normalized spacial score (nSPS) is 9.69. The topological polar surface area (TPSA) is 30.2 Å². The number of nitrogens with zero attached hydrogens (tertiary/aromatic N) is 1. The summed E-state index contributed by atoms with van der Waals surface area (Å²) in [5.74, 6) is -0.170. The molecule has 0 N–H and O–H groups in total. The van der Waals surface area contributed by atoms with Crippen LogP contribution in [-0.2, 0) is 23.0 Å². The van der Waals surface area contributed by atoms with E-state index in [4.69, 9.17) is 4.74 Å². The molecule has 0 radical (unpaired) electrons. The van der Waals surface area contributed by atoms with Crippen LogP contribution in [0.4, 0.5) is 0 Å². The molecule has 0 bridgehead atoms. The van der Waals surface area contributed by atoms with Crippen molar-refractivity contribution in [1.29, 1.82) is 0 Å². The number of rotatable bonds is 3. The van der Waals surface area contributed by atoms with Gasteiger partial charge in [0.15, 0.2) is 12.4 Å². The molecule has 1 heterocycles. The molecule has 0 spiro atoms. The zero-order chi connectivity index (χ0) is 9.68. The average molecular weight is 180 g/mol. The second-order valence-corrected chi connectivity index (χ2v) is 2.85. The zero-order valence-corrected chi connectivity index (χ0v) is 7.99. The van der Waals surface area contributed by atoms with Crippen LogP contribution >= 0.6 is 0 Å². The van der Waals surface area contributed by atoms with Crippen LogP contribution in [0.3, 0.4) is 0 Å². The van der Waals surface area contributed by atoms with Gasteiger partial charge in [0.05, 0.1) is 13.0 Å². The van der Waals surface area contributed by atoms with Crippen molar-refractivity contribution in [2.75, 3.05) is 6.61 Å². The van der Waals surface area contributed by atoms with E-state index in [1.54, 1.807) is 0 Å². The van der Waals surface area contributed by atoms with E-state index >= 15 is 0 Å². The fourth-order valence-corrected chi connectivity index (χ4v) is 1.03. The Labute approximate surface area is 78.0 Å². The van der Waals surface area contributed by atoms with Gasteiger partial charge < -0.3 is 4.74 Å². The van der Waals surface area contributed by atoms with E-state index in [0.717, 1.165) is 5.56 Å². The number of carbonyl (C=O) groups is 1.